The Morgan fingerprint density at radius 3 is 2.56 bits per heavy atom. The molecule has 3 aromatic carbocycles. The van der Waals surface area contributed by atoms with E-state index in [0.29, 0.717) is 17.9 Å². The summed E-state index contributed by atoms with van der Waals surface area (Å²) in [5, 5.41) is 5.33. The number of hydrogen-bond acceptors (Lipinski definition) is 3. The lowest BCUT2D eigenvalue weighted by Gasteiger charge is -2.20. The fourth-order valence-corrected chi connectivity index (χ4v) is 4.27. The summed E-state index contributed by atoms with van der Waals surface area (Å²) in [5.74, 6) is 0.448. The number of hydrogen-bond donors (Lipinski definition) is 1. The second kappa shape index (κ2) is 8.39. The Balaban J connectivity index is 1.46. The lowest BCUT2D eigenvalue weighted by atomic mass is 9.92. The highest BCUT2D eigenvalue weighted by Gasteiger charge is 2.21. The van der Waals surface area contributed by atoms with Crippen molar-refractivity contribution in [1.29, 1.82) is 0 Å². The monoisotopic (exact) mass is 419 g/mol. The summed E-state index contributed by atoms with van der Waals surface area (Å²) in [4.78, 5) is 22.7. The standard InChI is InChI=1S/C28H25N3O/c1-18(2)15-25-28(30-24-14-13-21-8-5-6-10-23(21)27(24)29-25)31-26(32)17-19-11-12-20-7-3-4-9-22(20)16-19/h3-12,15-16H,13-14,17H2,1-2H3,(H,30,31,32). The normalized spacial score (nSPS) is 12.1. The fourth-order valence-electron chi connectivity index (χ4n) is 4.27. The molecule has 1 aliphatic rings. The van der Waals surface area contributed by atoms with E-state index in [1.54, 1.807) is 0 Å². The summed E-state index contributed by atoms with van der Waals surface area (Å²) < 4.78 is 0. The summed E-state index contributed by atoms with van der Waals surface area (Å²) in [6.07, 6.45) is 4.03. The van der Waals surface area contributed by atoms with Gasteiger partial charge in [0.15, 0.2) is 5.82 Å². The van der Waals surface area contributed by atoms with E-state index in [2.05, 4.69) is 47.8 Å². The lowest BCUT2D eigenvalue weighted by Crippen LogP contribution is -2.19. The smallest absolute Gasteiger partial charge is 0.230 e. The second-order valence-electron chi connectivity index (χ2n) is 8.54. The van der Waals surface area contributed by atoms with Crippen molar-refractivity contribution < 1.29 is 4.79 Å². The molecule has 0 spiro atoms. The van der Waals surface area contributed by atoms with E-state index in [1.807, 2.05) is 44.2 Å². The quantitative estimate of drug-likeness (QED) is 0.441. The van der Waals surface area contributed by atoms with Crippen molar-refractivity contribution in [2.24, 2.45) is 0 Å². The number of rotatable bonds is 4. The van der Waals surface area contributed by atoms with Crippen LogP contribution in [-0.4, -0.2) is 15.9 Å². The Kier molecular flexibility index (Phi) is 5.28. The van der Waals surface area contributed by atoms with Crippen molar-refractivity contribution in [3.63, 3.8) is 0 Å². The summed E-state index contributed by atoms with van der Waals surface area (Å²) in [7, 11) is 0. The van der Waals surface area contributed by atoms with Crippen LogP contribution in [0.5, 0.6) is 0 Å². The Morgan fingerprint density at radius 1 is 0.938 bits per heavy atom. The number of nitrogens with zero attached hydrogens (tertiary/aromatic N) is 2. The second-order valence-corrected chi connectivity index (χ2v) is 8.54. The molecule has 158 valence electrons. The number of fused-ring (bicyclic) bond motifs is 4. The molecule has 0 unspecified atom stereocenters. The lowest BCUT2D eigenvalue weighted by molar-refractivity contribution is -0.115. The first-order valence-corrected chi connectivity index (χ1v) is 11.0. The van der Waals surface area contributed by atoms with Gasteiger partial charge in [0, 0.05) is 5.56 Å². The maximum atomic E-state index is 12.9. The van der Waals surface area contributed by atoms with E-state index in [4.69, 9.17) is 9.97 Å². The van der Waals surface area contributed by atoms with Crippen molar-refractivity contribution in [3.8, 4) is 11.3 Å². The third-order valence-electron chi connectivity index (χ3n) is 5.76. The van der Waals surface area contributed by atoms with Crippen LogP contribution in [0.4, 0.5) is 5.82 Å². The molecule has 1 N–H and O–H groups in total. The largest absolute Gasteiger partial charge is 0.309 e. The van der Waals surface area contributed by atoms with Crippen LogP contribution in [0.1, 0.15) is 36.4 Å². The van der Waals surface area contributed by atoms with Crippen LogP contribution in [0.15, 0.2) is 72.3 Å². The average Bonchev–Trinajstić information content (AvgIpc) is 2.79. The maximum Gasteiger partial charge on any atom is 0.230 e. The van der Waals surface area contributed by atoms with E-state index in [9.17, 15) is 4.79 Å². The molecule has 1 aromatic heterocycles. The molecule has 1 heterocycles. The van der Waals surface area contributed by atoms with Crippen LogP contribution in [0.25, 0.3) is 28.1 Å². The van der Waals surface area contributed by atoms with Crippen molar-refractivity contribution in [2.45, 2.75) is 33.1 Å². The highest BCUT2D eigenvalue weighted by atomic mass is 16.1. The molecule has 4 aromatic rings. The zero-order valence-corrected chi connectivity index (χ0v) is 18.4. The van der Waals surface area contributed by atoms with Gasteiger partial charge in [-0.05, 0) is 54.7 Å². The SMILES string of the molecule is CC(C)=Cc1nc2c(nc1NC(=O)Cc1ccc3ccccc3c1)CCc1ccccc1-2. The molecule has 0 aliphatic heterocycles. The van der Waals surface area contributed by atoms with Crippen LogP contribution >= 0.6 is 0 Å². The number of amides is 1. The minimum Gasteiger partial charge on any atom is -0.309 e. The summed E-state index contributed by atoms with van der Waals surface area (Å²) in [6.45, 7) is 4.05. The van der Waals surface area contributed by atoms with Crippen LogP contribution in [-0.2, 0) is 24.1 Å². The molecule has 0 bridgehead atoms. The highest BCUT2D eigenvalue weighted by molar-refractivity contribution is 5.94. The van der Waals surface area contributed by atoms with Crippen molar-refractivity contribution in [2.75, 3.05) is 5.32 Å². The van der Waals surface area contributed by atoms with Crippen LogP contribution in [0.3, 0.4) is 0 Å². The molecule has 4 heteroatoms. The van der Waals surface area contributed by atoms with E-state index in [0.717, 1.165) is 46.3 Å². The van der Waals surface area contributed by atoms with E-state index in [1.165, 1.54) is 10.9 Å². The van der Waals surface area contributed by atoms with E-state index >= 15 is 0 Å². The molecule has 0 atom stereocenters. The van der Waals surface area contributed by atoms with Gasteiger partial charge in [-0.15, -0.1) is 0 Å². The predicted octanol–water partition coefficient (Wildman–Crippen LogP) is 6.00. The number of aromatic nitrogens is 2. The van der Waals surface area contributed by atoms with Crippen LogP contribution in [0.2, 0.25) is 0 Å². The van der Waals surface area contributed by atoms with Gasteiger partial charge in [0.05, 0.1) is 17.8 Å². The van der Waals surface area contributed by atoms with Gasteiger partial charge in [0.25, 0.3) is 0 Å². The Labute approximate surface area is 188 Å². The number of allylic oxidation sites excluding steroid dienone is 1. The van der Waals surface area contributed by atoms with Gasteiger partial charge in [-0.25, -0.2) is 9.97 Å². The highest BCUT2D eigenvalue weighted by Crippen LogP contribution is 2.33. The molecule has 1 aliphatic carbocycles. The Bertz CT molecular complexity index is 1370. The van der Waals surface area contributed by atoms with Crippen molar-refractivity contribution in [1.82, 2.24) is 9.97 Å². The number of benzene rings is 3. The molecule has 0 radical (unpaired) electrons. The fraction of sp³-hybridized carbons (Fsp3) is 0.179. The minimum absolute atomic E-state index is 0.0888. The van der Waals surface area contributed by atoms with Gasteiger partial charge < -0.3 is 5.32 Å². The van der Waals surface area contributed by atoms with Crippen molar-refractivity contribution >= 4 is 28.6 Å². The first kappa shape index (κ1) is 20.1. The van der Waals surface area contributed by atoms with Gasteiger partial charge in [0.2, 0.25) is 5.91 Å². The van der Waals surface area contributed by atoms with E-state index in [-0.39, 0.29) is 5.91 Å². The topological polar surface area (TPSA) is 54.9 Å². The molecule has 0 saturated heterocycles. The first-order valence-electron chi connectivity index (χ1n) is 11.0. The number of aryl methyl sites for hydroxylation is 2. The molecular formula is C28H25N3O. The minimum atomic E-state index is -0.0888. The molecule has 32 heavy (non-hydrogen) atoms. The van der Waals surface area contributed by atoms with Crippen molar-refractivity contribution in [3.05, 3.63) is 94.8 Å². The summed E-state index contributed by atoms with van der Waals surface area (Å²) >= 11 is 0. The maximum absolute atomic E-state index is 12.9. The predicted molar refractivity (Wildman–Crippen MR) is 130 cm³/mol. The third-order valence-corrected chi connectivity index (χ3v) is 5.76. The first-order chi connectivity index (χ1) is 15.6. The summed E-state index contributed by atoms with van der Waals surface area (Å²) in [5.41, 5.74) is 7.08. The Hall–Kier alpha value is -3.79. The Morgan fingerprint density at radius 2 is 1.72 bits per heavy atom. The van der Waals surface area contributed by atoms with Gasteiger partial charge >= 0.3 is 0 Å². The van der Waals surface area contributed by atoms with Gasteiger partial charge in [0.1, 0.15) is 5.69 Å². The number of anilines is 1. The molecule has 5 rings (SSSR count). The third kappa shape index (κ3) is 4.04. The zero-order chi connectivity index (χ0) is 22.1. The number of carbonyl (C=O) groups is 1. The number of carbonyl (C=O) groups excluding carboxylic acids is 1. The summed E-state index contributed by atoms with van der Waals surface area (Å²) in [6, 6.07) is 22.7. The molecule has 4 nitrogen and oxygen atoms in total. The number of nitrogens with one attached hydrogen (secondary N) is 1. The average molecular weight is 420 g/mol. The van der Waals surface area contributed by atoms with Crippen LogP contribution < -0.4 is 5.32 Å². The molecule has 0 saturated carbocycles. The van der Waals surface area contributed by atoms with Gasteiger partial charge in [-0.1, -0.05) is 72.3 Å². The molecule has 1 amide bonds. The molecule has 0 fully saturated rings. The van der Waals surface area contributed by atoms with Gasteiger partial charge in [-0.2, -0.15) is 0 Å². The molecular weight excluding hydrogens is 394 g/mol. The zero-order valence-electron chi connectivity index (χ0n) is 18.4. The van der Waals surface area contributed by atoms with Crippen LogP contribution in [0, 0.1) is 0 Å². The van der Waals surface area contributed by atoms with Gasteiger partial charge in [-0.3, -0.25) is 4.79 Å². The van der Waals surface area contributed by atoms with E-state index < -0.39 is 0 Å².